The molecule has 0 fully saturated rings. The van der Waals surface area contributed by atoms with Gasteiger partial charge in [0.05, 0.1) is 16.3 Å². The first-order valence-electron chi connectivity index (χ1n) is 5.92. The van der Waals surface area contributed by atoms with Crippen molar-refractivity contribution in [2.75, 3.05) is 0 Å². The van der Waals surface area contributed by atoms with Crippen molar-refractivity contribution < 1.29 is 17.6 Å². The lowest BCUT2D eigenvalue weighted by Gasteiger charge is -2.13. The molecular formula is C14H13F4NS. The number of hydrogen-bond acceptors (Lipinski definition) is 2. The molecule has 20 heavy (non-hydrogen) atoms. The van der Waals surface area contributed by atoms with Crippen molar-refractivity contribution >= 4 is 11.3 Å². The molecule has 0 N–H and O–H groups in total. The maximum Gasteiger partial charge on any atom is 0.419 e. The second-order valence-electron chi connectivity index (χ2n) is 5.48. The van der Waals surface area contributed by atoms with E-state index in [1.165, 1.54) is 17.4 Å². The zero-order valence-corrected chi connectivity index (χ0v) is 12.0. The molecule has 0 bridgehead atoms. The first-order chi connectivity index (χ1) is 9.09. The number of hydrogen-bond donors (Lipinski definition) is 0. The Morgan fingerprint density at radius 3 is 2.20 bits per heavy atom. The Balaban J connectivity index is 2.40. The van der Waals surface area contributed by atoms with Gasteiger partial charge in [-0.1, -0.05) is 26.8 Å². The Morgan fingerprint density at radius 1 is 1.10 bits per heavy atom. The average Bonchev–Trinajstić information content (AvgIpc) is 2.75. The number of alkyl halides is 3. The highest BCUT2D eigenvalue weighted by atomic mass is 32.1. The molecule has 1 aromatic heterocycles. The molecule has 0 aliphatic rings. The van der Waals surface area contributed by atoms with E-state index >= 15 is 0 Å². The van der Waals surface area contributed by atoms with Crippen molar-refractivity contribution in [3.63, 3.8) is 0 Å². The van der Waals surface area contributed by atoms with E-state index in [0.29, 0.717) is 11.3 Å². The summed E-state index contributed by atoms with van der Waals surface area (Å²) >= 11 is 1.41. The van der Waals surface area contributed by atoms with E-state index in [-0.39, 0.29) is 5.41 Å². The predicted octanol–water partition coefficient (Wildman–Crippen LogP) is 5.27. The summed E-state index contributed by atoms with van der Waals surface area (Å²) in [6, 6.07) is 2.87. The van der Waals surface area contributed by atoms with Gasteiger partial charge in [0, 0.05) is 16.4 Å². The smallest absolute Gasteiger partial charge is 0.241 e. The molecule has 0 aliphatic heterocycles. The topological polar surface area (TPSA) is 12.9 Å². The first kappa shape index (κ1) is 15.0. The summed E-state index contributed by atoms with van der Waals surface area (Å²) < 4.78 is 51.0. The Kier molecular flexibility index (Phi) is 3.62. The van der Waals surface area contributed by atoms with Gasteiger partial charge in [-0.25, -0.2) is 9.37 Å². The van der Waals surface area contributed by atoms with Crippen molar-refractivity contribution in [2.24, 2.45) is 0 Å². The van der Waals surface area contributed by atoms with E-state index in [1.807, 2.05) is 20.8 Å². The minimum atomic E-state index is -4.68. The molecule has 2 aromatic rings. The molecule has 1 heterocycles. The van der Waals surface area contributed by atoms with Crippen LogP contribution in [-0.4, -0.2) is 4.98 Å². The van der Waals surface area contributed by atoms with Crippen LogP contribution in [0.3, 0.4) is 0 Å². The molecule has 1 nitrogen and oxygen atoms in total. The molecular weight excluding hydrogens is 290 g/mol. The Bertz CT molecular complexity index is 623. The summed E-state index contributed by atoms with van der Waals surface area (Å²) in [5, 5.41) is 2.58. The maximum atomic E-state index is 13.5. The quantitative estimate of drug-likeness (QED) is 0.654. The van der Waals surface area contributed by atoms with E-state index in [1.54, 1.807) is 5.38 Å². The van der Waals surface area contributed by atoms with Crippen LogP contribution in [0.4, 0.5) is 17.6 Å². The molecule has 0 radical (unpaired) electrons. The number of nitrogens with zero attached hydrogens (tertiary/aromatic N) is 1. The van der Waals surface area contributed by atoms with E-state index in [9.17, 15) is 17.6 Å². The minimum Gasteiger partial charge on any atom is -0.241 e. The highest BCUT2D eigenvalue weighted by Gasteiger charge is 2.34. The van der Waals surface area contributed by atoms with Crippen LogP contribution in [0.2, 0.25) is 0 Å². The van der Waals surface area contributed by atoms with E-state index in [4.69, 9.17) is 0 Å². The highest BCUT2D eigenvalue weighted by Crippen LogP contribution is 2.34. The van der Waals surface area contributed by atoms with Crippen LogP contribution >= 0.6 is 11.3 Å². The van der Waals surface area contributed by atoms with E-state index in [0.717, 1.165) is 17.1 Å². The van der Waals surface area contributed by atoms with Crippen LogP contribution in [0.15, 0.2) is 23.6 Å². The summed E-state index contributed by atoms with van der Waals surface area (Å²) in [5.41, 5.74) is -0.560. The fourth-order valence-corrected chi connectivity index (χ4v) is 2.57. The van der Waals surface area contributed by atoms with Gasteiger partial charge in [0.2, 0.25) is 0 Å². The van der Waals surface area contributed by atoms with Gasteiger partial charge in [0.15, 0.2) is 0 Å². The standard InChI is InChI=1S/C14H13F4NS/c1-13(2,3)12-19-11(7-20-12)8-4-5-9(10(15)6-8)14(16,17)18/h4-7H,1-3H3. The van der Waals surface area contributed by atoms with Crippen molar-refractivity contribution in [3.05, 3.63) is 40.0 Å². The fourth-order valence-electron chi connectivity index (χ4n) is 1.66. The largest absolute Gasteiger partial charge is 0.419 e. The summed E-state index contributed by atoms with van der Waals surface area (Å²) in [7, 11) is 0. The Hall–Kier alpha value is -1.43. The molecule has 108 valence electrons. The third kappa shape index (κ3) is 3.00. The van der Waals surface area contributed by atoms with Gasteiger partial charge in [-0.15, -0.1) is 11.3 Å². The molecule has 6 heteroatoms. The summed E-state index contributed by atoms with van der Waals surface area (Å²) in [5.74, 6) is -1.28. The summed E-state index contributed by atoms with van der Waals surface area (Å²) in [6.45, 7) is 5.97. The number of rotatable bonds is 1. The number of thiazole rings is 1. The van der Waals surface area contributed by atoms with Crippen LogP contribution in [0.1, 0.15) is 31.3 Å². The van der Waals surface area contributed by atoms with Gasteiger partial charge in [0.25, 0.3) is 0 Å². The fraction of sp³-hybridized carbons (Fsp3) is 0.357. The molecule has 0 atom stereocenters. The van der Waals surface area contributed by atoms with Crippen LogP contribution in [0, 0.1) is 5.82 Å². The third-order valence-corrected chi connectivity index (χ3v) is 3.98. The normalized spacial score (nSPS) is 12.8. The van der Waals surface area contributed by atoms with Gasteiger partial charge in [-0.05, 0) is 12.1 Å². The number of benzene rings is 1. The highest BCUT2D eigenvalue weighted by molar-refractivity contribution is 7.10. The second kappa shape index (κ2) is 4.84. The van der Waals surface area contributed by atoms with Gasteiger partial charge in [-0.2, -0.15) is 13.2 Å². The molecule has 0 unspecified atom stereocenters. The molecule has 1 aromatic carbocycles. The van der Waals surface area contributed by atoms with E-state index < -0.39 is 17.6 Å². The van der Waals surface area contributed by atoms with Gasteiger partial charge >= 0.3 is 6.18 Å². The molecule has 0 aliphatic carbocycles. The second-order valence-corrected chi connectivity index (χ2v) is 6.34. The SMILES string of the molecule is CC(C)(C)c1nc(-c2ccc(C(F)(F)F)c(F)c2)cs1. The Morgan fingerprint density at radius 2 is 1.75 bits per heavy atom. The van der Waals surface area contributed by atoms with Crippen LogP contribution in [-0.2, 0) is 11.6 Å². The van der Waals surface area contributed by atoms with Crippen molar-refractivity contribution in [1.82, 2.24) is 4.98 Å². The number of halogens is 4. The molecule has 0 saturated heterocycles. The van der Waals surface area contributed by atoms with Gasteiger partial charge in [0.1, 0.15) is 5.82 Å². The monoisotopic (exact) mass is 303 g/mol. The number of aromatic nitrogens is 1. The molecule has 0 amide bonds. The van der Waals surface area contributed by atoms with E-state index in [2.05, 4.69) is 4.98 Å². The third-order valence-electron chi connectivity index (χ3n) is 2.72. The molecule has 0 saturated carbocycles. The lowest BCUT2D eigenvalue weighted by Crippen LogP contribution is -2.10. The summed E-state index contributed by atoms with van der Waals surface area (Å²) in [6.07, 6.45) is -4.68. The maximum absolute atomic E-state index is 13.5. The molecule has 2 rings (SSSR count). The van der Waals surface area contributed by atoms with Crippen LogP contribution in [0.25, 0.3) is 11.3 Å². The first-order valence-corrected chi connectivity index (χ1v) is 6.80. The van der Waals surface area contributed by atoms with Crippen molar-refractivity contribution in [2.45, 2.75) is 32.4 Å². The molecule has 0 spiro atoms. The van der Waals surface area contributed by atoms with Gasteiger partial charge in [-0.3, -0.25) is 0 Å². The zero-order chi connectivity index (χ0) is 15.1. The average molecular weight is 303 g/mol. The van der Waals surface area contributed by atoms with Crippen molar-refractivity contribution in [1.29, 1.82) is 0 Å². The van der Waals surface area contributed by atoms with Crippen LogP contribution < -0.4 is 0 Å². The minimum absolute atomic E-state index is 0.145. The van der Waals surface area contributed by atoms with Gasteiger partial charge < -0.3 is 0 Å². The van der Waals surface area contributed by atoms with Crippen molar-refractivity contribution in [3.8, 4) is 11.3 Å². The summed E-state index contributed by atoms with van der Waals surface area (Å²) in [4.78, 5) is 4.36. The lowest BCUT2D eigenvalue weighted by molar-refractivity contribution is -0.139. The predicted molar refractivity (Wildman–Crippen MR) is 71.2 cm³/mol. The van der Waals surface area contributed by atoms with Crippen LogP contribution in [0.5, 0.6) is 0 Å². The Labute approximate surface area is 118 Å². The lowest BCUT2D eigenvalue weighted by atomic mass is 9.98. The zero-order valence-electron chi connectivity index (χ0n) is 11.2.